The molecule has 2 fully saturated rings. The molecule has 2 rings (SSSR count). The standard InChI is InChI=1S/C16H32N2/c1-4-5-15-7-9-18(11-15)16(12-17)8-6-13(2)10-14(16)3/h13-15H,4-12,17H2,1-3H3. The van der Waals surface area contributed by atoms with Crippen molar-refractivity contribution < 1.29 is 0 Å². The summed E-state index contributed by atoms with van der Waals surface area (Å²) in [5.41, 5.74) is 6.56. The number of nitrogens with zero attached hydrogens (tertiary/aromatic N) is 1. The molecule has 0 aromatic heterocycles. The Morgan fingerprint density at radius 1 is 1.28 bits per heavy atom. The molecule has 0 aromatic rings. The lowest BCUT2D eigenvalue weighted by atomic mass is 9.69. The smallest absolute Gasteiger partial charge is 0.0357 e. The summed E-state index contributed by atoms with van der Waals surface area (Å²) in [6.45, 7) is 10.6. The zero-order valence-electron chi connectivity index (χ0n) is 12.6. The van der Waals surface area contributed by atoms with Gasteiger partial charge in [-0.25, -0.2) is 0 Å². The maximum atomic E-state index is 6.23. The van der Waals surface area contributed by atoms with Crippen LogP contribution in [0.1, 0.15) is 59.3 Å². The van der Waals surface area contributed by atoms with E-state index in [1.807, 2.05) is 0 Å². The van der Waals surface area contributed by atoms with Crippen LogP contribution in [-0.2, 0) is 0 Å². The Labute approximate surface area is 113 Å². The molecule has 4 unspecified atom stereocenters. The molecule has 0 aromatic carbocycles. The van der Waals surface area contributed by atoms with Crippen LogP contribution >= 0.6 is 0 Å². The Kier molecular flexibility index (Phi) is 4.71. The van der Waals surface area contributed by atoms with Gasteiger partial charge in [0, 0.05) is 18.6 Å². The second kappa shape index (κ2) is 5.92. The summed E-state index contributed by atoms with van der Waals surface area (Å²) in [5, 5.41) is 0. The summed E-state index contributed by atoms with van der Waals surface area (Å²) in [7, 11) is 0. The monoisotopic (exact) mass is 252 g/mol. The number of hydrogen-bond donors (Lipinski definition) is 1. The summed E-state index contributed by atoms with van der Waals surface area (Å²) in [4.78, 5) is 2.77. The summed E-state index contributed by atoms with van der Waals surface area (Å²) >= 11 is 0. The van der Waals surface area contributed by atoms with Crippen LogP contribution in [0.2, 0.25) is 0 Å². The third kappa shape index (κ3) is 2.60. The molecule has 2 nitrogen and oxygen atoms in total. The fourth-order valence-corrected chi connectivity index (χ4v) is 4.47. The molecule has 106 valence electrons. The fourth-order valence-electron chi connectivity index (χ4n) is 4.47. The second-order valence-corrected chi connectivity index (χ2v) is 6.98. The van der Waals surface area contributed by atoms with Gasteiger partial charge >= 0.3 is 0 Å². The molecule has 2 N–H and O–H groups in total. The molecule has 2 heteroatoms. The van der Waals surface area contributed by atoms with Crippen LogP contribution in [0.25, 0.3) is 0 Å². The maximum absolute atomic E-state index is 6.23. The molecule has 18 heavy (non-hydrogen) atoms. The van der Waals surface area contributed by atoms with Gasteiger partial charge in [0.15, 0.2) is 0 Å². The molecule has 4 atom stereocenters. The lowest BCUT2D eigenvalue weighted by Crippen LogP contribution is -2.59. The Morgan fingerprint density at radius 3 is 2.67 bits per heavy atom. The van der Waals surface area contributed by atoms with Crippen molar-refractivity contribution in [2.75, 3.05) is 19.6 Å². The number of likely N-dealkylation sites (tertiary alicyclic amines) is 1. The van der Waals surface area contributed by atoms with Gasteiger partial charge in [-0.15, -0.1) is 0 Å². The van der Waals surface area contributed by atoms with E-state index in [0.717, 1.165) is 24.3 Å². The van der Waals surface area contributed by atoms with E-state index in [9.17, 15) is 0 Å². The van der Waals surface area contributed by atoms with Crippen molar-refractivity contribution >= 4 is 0 Å². The SMILES string of the molecule is CCCC1CCN(C2(CN)CCC(C)CC2C)C1. The largest absolute Gasteiger partial charge is 0.329 e. The minimum Gasteiger partial charge on any atom is -0.329 e. The van der Waals surface area contributed by atoms with Crippen molar-refractivity contribution in [2.24, 2.45) is 23.5 Å². The normalized spacial score (nSPS) is 42.3. The van der Waals surface area contributed by atoms with Crippen LogP contribution in [0.15, 0.2) is 0 Å². The highest BCUT2D eigenvalue weighted by molar-refractivity contribution is 5.01. The van der Waals surface area contributed by atoms with E-state index >= 15 is 0 Å². The molecule has 0 bridgehead atoms. The third-order valence-electron chi connectivity index (χ3n) is 5.71. The quantitative estimate of drug-likeness (QED) is 0.832. The Balaban J connectivity index is 2.04. The van der Waals surface area contributed by atoms with E-state index in [1.54, 1.807) is 0 Å². The van der Waals surface area contributed by atoms with Gasteiger partial charge in [-0.2, -0.15) is 0 Å². The average Bonchev–Trinajstić information content (AvgIpc) is 2.79. The lowest BCUT2D eigenvalue weighted by molar-refractivity contribution is 0.0137. The van der Waals surface area contributed by atoms with Crippen molar-refractivity contribution in [3.05, 3.63) is 0 Å². The molecule has 0 amide bonds. The van der Waals surface area contributed by atoms with Gasteiger partial charge in [0.25, 0.3) is 0 Å². The number of rotatable bonds is 4. The summed E-state index contributed by atoms with van der Waals surface area (Å²) in [6.07, 6.45) is 8.20. The first kappa shape index (κ1) is 14.3. The first-order valence-corrected chi connectivity index (χ1v) is 8.07. The summed E-state index contributed by atoms with van der Waals surface area (Å²) < 4.78 is 0. The van der Waals surface area contributed by atoms with Gasteiger partial charge in [-0.1, -0.05) is 27.2 Å². The van der Waals surface area contributed by atoms with Crippen LogP contribution in [0, 0.1) is 17.8 Å². The van der Waals surface area contributed by atoms with Gasteiger partial charge in [0.2, 0.25) is 0 Å². The minimum atomic E-state index is 0.328. The van der Waals surface area contributed by atoms with Crippen molar-refractivity contribution in [2.45, 2.75) is 64.8 Å². The summed E-state index contributed by atoms with van der Waals surface area (Å²) in [5.74, 6) is 2.60. The van der Waals surface area contributed by atoms with Crippen molar-refractivity contribution in [1.29, 1.82) is 0 Å². The molecule has 1 aliphatic heterocycles. The van der Waals surface area contributed by atoms with E-state index in [-0.39, 0.29) is 0 Å². The van der Waals surface area contributed by atoms with Crippen LogP contribution in [-0.4, -0.2) is 30.1 Å². The predicted molar refractivity (Wildman–Crippen MR) is 78.6 cm³/mol. The molecule has 1 saturated heterocycles. The van der Waals surface area contributed by atoms with Gasteiger partial charge in [0.05, 0.1) is 0 Å². The van der Waals surface area contributed by atoms with E-state index in [2.05, 4.69) is 25.7 Å². The topological polar surface area (TPSA) is 29.3 Å². The number of hydrogen-bond acceptors (Lipinski definition) is 2. The Morgan fingerprint density at radius 2 is 2.06 bits per heavy atom. The van der Waals surface area contributed by atoms with Crippen LogP contribution in [0.4, 0.5) is 0 Å². The average molecular weight is 252 g/mol. The first-order chi connectivity index (χ1) is 8.62. The third-order valence-corrected chi connectivity index (χ3v) is 5.71. The molecule has 0 radical (unpaired) electrons. The molecule has 0 spiro atoms. The van der Waals surface area contributed by atoms with Gasteiger partial charge in [0.1, 0.15) is 0 Å². The van der Waals surface area contributed by atoms with Crippen molar-refractivity contribution in [3.63, 3.8) is 0 Å². The lowest BCUT2D eigenvalue weighted by Gasteiger charge is -2.50. The van der Waals surface area contributed by atoms with E-state index in [0.29, 0.717) is 5.54 Å². The highest BCUT2D eigenvalue weighted by atomic mass is 15.2. The molecular weight excluding hydrogens is 220 g/mol. The molecular formula is C16H32N2. The van der Waals surface area contributed by atoms with Crippen LogP contribution in [0.5, 0.6) is 0 Å². The van der Waals surface area contributed by atoms with E-state index in [1.165, 1.54) is 51.6 Å². The van der Waals surface area contributed by atoms with Gasteiger partial charge < -0.3 is 5.73 Å². The molecule has 1 aliphatic carbocycles. The predicted octanol–water partition coefficient (Wildman–Crippen LogP) is 3.26. The Hall–Kier alpha value is -0.0800. The van der Waals surface area contributed by atoms with Crippen molar-refractivity contribution in [1.82, 2.24) is 4.90 Å². The summed E-state index contributed by atoms with van der Waals surface area (Å²) in [6, 6.07) is 0. The van der Waals surface area contributed by atoms with Gasteiger partial charge in [-0.05, 0) is 56.4 Å². The zero-order valence-corrected chi connectivity index (χ0v) is 12.6. The highest BCUT2D eigenvalue weighted by Crippen LogP contribution is 2.42. The molecule has 1 heterocycles. The fraction of sp³-hybridized carbons (Fsp3) is 1.00. The maximum Gasteiger partial charge on any atom is 0.0357 e. The highest BCUT2D eigenvalue weighted by Gasteiger charge is 2.45. The van der Waals surface area contributed by atoms with Crippen LogP contribution < -0.4 is 5.73 Å². The van der Waals surface area contributed by atoms with E-state index < -0.39 is 0 Å². The second-order valence-electron chi connectivity index (χ2n) is 6.98. The first-order valence-electron chi connectivity index (χ1n) is 8.07. The van der Waals surface area contributed by atoms with E-state index in [4.69, 9.17) is 5.73 Å². The van der Waals surface area contributed by atoms with Gasteiger partial charge in [-0.3, -0.25) is 4.90 Å². The Bertz CT molecular complexity index is 266. The minimum absolute atomic E-state index is 0.328. The number of nitrogens with two attached hydrogens (primary N) is 1. The molecule has 1 saturated carbocycles. The molecule has 2 aliphatic rings. The van der Waals surface area contributed by atoms with Crippen molar-refractivity contribution in [3.8, 4) is 0 Å². The zero-order chi connectivity index (χ0) is 13.2. The van der Waals surface area contributed by atoms with Crippen LogP contribution in [0.3, 0.4) is 0 Å².